The highest BCUT2D eigenvalue weighted by molar-refractivity contribution is 5.87. The minimum Gasteiger partial charge on any atom is -0.356 e. The van der Waals surface area contributed by atoms with Crippen molar-refractivity contribution >= 4 is 16.8 Å². The van der Waals surface area contributed by atoms with Gasteiger partial charge in [0.05, 0.1) is 17.6 Å². The van der Waals surface area contributed by atoms with E-state index in [1.807, 2.05) is 29.9 Å². The molecule has 3 heterocycles. The summed E-state index contributed by atoms with van der Waals surface area (Å²) in [5, 5.41) is 8.30. The van der Waals surface area contributed by atoms with Gasteiger partial charge in [-0.2, -0.15) is 5.10 Å². The lowest BCUT2D eigenvalue weighted by atomic mass is 9.98. The molecule has 0 spiro atoms. The predicted octanol–water partition coefficient (Wildman–Crippen LogP) is 2.32. The maximum Gasteiger partial charge on any atom is 0.252 e. The molecular weight excluding hydrogens is 316 g/mol. The zero-order chi connectivity index (χ0) is 17.6. The molecule has 1 fully saturated rings. The Morgan fingerprint density at radius 1 is 1.28 bits per heavy atom. The average molecular weight is 336 g/mol. The fraction of sp³-hybridized carbons (Fsp3) is 0.316. The molecule has 128 valence electrons. The molecule has 0 bridgehead atoms. The van der Waals surface area contributed by atoms with E-state index in [1.54, 1.807) is 6.07 Å². The number of hydrogen-bond donors (Lipinski definition) is 2. The molecule has 4 rings (SSSR count). The van der Waals surface area contributed by atoms with E-state index in [4.69, 9.17) is 0 Å². The van der Waals surface area contributed by atoms with Gasteiger partial charge in [0.15, 0.2) is 0 Å². The van der Waals surface area contributed by atoms with E-state index in [2.05, 4.69) is 28.4 Å². The number of fused-ring (bicyclic) bond motifs is 1. The fourth-order valence-electron chi connectivity index (χ4n) is 3.58. The molecule has 1 amide bonds. The second-order valence-electron chi connectivity index (χ2n) is 6.48. The first-order valence-corrected chi connectivity index (χ1v) is 8.56. The summed E-state index contributed by atoms with van der Waals surface area (Å²) in [5.74, 6) is -0.411. The first-order valence-electron chi connectivity index (χ1n) is 8.56. The molecular formula is C19H20N4O2. The number of aromatic nitrogens is 3. The number of hydrogen-bond acceptors (Lipinski definition) is 3. The quantitative estimate of drug-likeness (QED) is 0.770. The number of nitrogens with zero attached hydrogens (tertiary/aromatic N) is 2. The minimum absolute atomic E-state index is 0.0673. The molecule has 6 heteroatoms. The Morgan fingerprint density at radius 2 is 2.12 bits per heavy atom. The number of H-pyrrole nitrogens is 1. The maximum atomic E-state index is 12.5. The summed E-state index contributed by atoms with van der Waals surface area (Å²) in [6, 6.07) is 7.76. The largest absolute Gasteiger partial charge is 0.356 e. The van der Waals surface area contributed by atoms with E-state index < -0.39 is 0 Å². The van der Waals surface area contributed by atoms with Crippen molar-refractivity contribution in [1.82, 2.24) is 20.1 Å². The summed E-state index contributed by atoms with van der Waals surface area (Å²) in [6.45, 7) is 5.51. The van der Waals surface area contributed by atoms with Crippen molar-refractivity contribution in [3.05, 3.63) is 51.9 Å². The maximum absolute atomic E-state index is 12.5. The molecule has 1 aliphatic heterocycles. The highest BCUT2D eigenvalue weighted by atomic mass is 16.2. The van der Waals surface area contributed by atoms with Crippen LogP contribution in [-0.4, -0.2) is 27.2 Å². The Bertz CT molecular complexity index is 1030. The van der Waals surface area contributed by atoms with Crippen LogP contribution in [0.3, 0.4) is 0 Å². The Balaban J connectivity index is 1.80. The predicted molar refractivity (Wildman–Crippen MR) is 96.6 cm³/mol. The minimum atomic E-state index is -0.344. The van der Waals surface area contributed by atoms with Crippen molar-refractivity contribution in [3.8, 4) is 11.3 Å². The lowest BCUT2D eigenvalue weighted by molar-refractivity contribution is -0.120. The number of pyridine rings is 1. The van der Waals surface area contributed by atoms with Crippen molar-refractivity contribution < 1.29 is 4.79 Å². The molecule has 1 saturated heterocycles. The van der Waals surface area contributed by atoms with Crippen molar-refractivity contribution in [1.29, 1.82) is 0 Å². The third kappa shape index (κ3) is 2.54. The van der Waals surface area contributed by atoms with Gasteiger partial charge in [-0.25, -0.2) is 0 Å². The van der Waals surface area contributed by atoms with E-state index in [9.17, 15) is 9.59 Å². The number of benzene rings is 1. The van der Waals surface area contributed by atoms with Gasteiger partial charge in [-0.05, 0) is 44.0 Å². The third-order valence-corrected chi connectivity index (χ3v) is 4.94. The second kappa shape index (κ2) is 5.88. The van der Waals surface area contributed by atoms with Gasteiger partial charge < -0.3 is 10.3 Å². The monoisotopic (exact) mass is 336 g/mol. The van der Waals surface area contributed by atoms with Crippen LogP contribution in [0.15, 0.2) is 35.3 Å². The van der Waals surface area contributed by atoms with Gasteiger partial charge >= 0.3 is 0 Å². The summed E-state index contributed by atoms with van der Waals surface area (Å²) < 4.78 is 1.95. The zero-order valence-electron chi connectivity index (χ0n) is 14.3. The molecule has 0 radical (unpaired) electrons. The molecule has 1 unspecified atom stereocenters. The highest BCUT2D eigenvalue weighted by Crippen LogP contribution is 2.27. The Hall–Kier alpha value is -2.89. The third-order valence-electron chi connectivity index (χ3n) is 4.94. The van der Waals surface area contributed by atoms with Crippen LogP contribution in [0, 0.1) is 6.92 Å². The summed E-state index contributed by atoms with van der Waals surface area (Å²) in [5.41, 5.74) is 4.21. The van der Waals surface area contributed by atoms with E-state index in [-0.39, 0.29) is 17.4 Å². The van der Waals surface area contributed by atoms with Crippen molar-refractivity contribution in [2.75, 3.05) is 6.54 Å². The molecule has 1 aromatic carbocycles. The number of carbonyl (C=O) groups excluding carboxylic acids is 1. The molecule has 1 aliphatic rings. The molecule has 3 aromatic rings. The summed E-state index contributed by atoms with van der Waals surface area (Å²) >= 11 is 0. The Morgan fingerprint density at radius 3 is 2.80 bits per heavy atom. The molecule has 0 aliphatic carbocycles. The highest BCUT2D eigenvalue weighted by Gasteiger charge is 2.28. The van der Waals surface area contributed by atoms with Gasteiger partial charge in [-0.1, -0.05) is 6.07 Å². The summed E-state index contributed by atoms with van der Waals surface area (Å²) in [7, 11) is 0. The van der Waals surface area contributed by atoms with E-state index in [1.165, 1.54) is 0 Å². The van der Waals surface area contributed by atoms with E-state index in [0.717, 1.165) is 34.3 Å². The number of nitrogens with one attached hydrogen (secondary N) is 2. The van der Waals surface area contributed by atoms with Crippen LogP contribution in [-0.2, 0) is 11.3 Å². The lowest BCUT2D eigenvalue weighted by Gasteiger charge is -2.09. The van der Waals surface area contributed by atoms with Crippen LogP contribution in [0.25, 0.3) is 22.2 Å². The first-order chi connectivity index (χ1) is 12.1. The van der Waals surface area contributed by atoms with Crippen LogP contribution in [0.5, 0.6) is 0 Å². The number of amides is 1. The molecule has 0 saturated carbocycles. The van der Waals surface area contributed by atoms with Crippen LogP contribution < -0.4 is 10.9 Å². The van der Waals surface area contributed by atoms with Gasteiger partial charge in [-0.3, -0.25) is 14.3 Å². The average Bonchev–Trinajstić information content (AvgIpc) is 3.21. The normalized spacial score (nSPS) is 17.2. The first kappa shape index (κ1) is 15.6. The van der Waals surface area contributed by atoms with Crippen LogP contribution in [0.1, 0.15) is 30.4 Å². The zero-order valence-corrected chi connectivity index (χ0v) is 14.3. The van der Waals surface area contributed by atoms with Gasteiger partial charge in [0.2, 0.25) is 5.91 Å². The number of aromatic amines is 1. The van der Waals surface area contributed by atoms with Crippen LogP contribution in [0.4, 0.5) is 0 Å². The molecule has 2 N–H and O–H groups in total. The summed E-state index contributed by atoms with van der Waals surface area (Å²) in [6.07, 6.45) is 2.55. The van der Waals surface area contributed by atoms with E-state index in [0.29, 0.717) is 18.5 Å². The molecule has 1 atom stereocenters. The van der Waals surface area contributed by atoms with Crippen LogP contribution >= 0.6 is 0 Å². The standard InChI is InChI=1S/C19H20N4O2/c1-3-23-17-9-12(8-11(2)15(17)10-21-23)16-5-4-13(19(25)22-16)14-6-7-20-18(14)24/h4-5,8-10,14H,3,6-7H2,1-2H3,(H,20,24)(H,22,25). The number of carbonyl (C=O) groups is 1. The van der Waals surface area contributed by atoms with E-state index >= 15 is 0 Å². The fourth-order valence-corrected chi connectivity index (χ4v) is 3.58. The van der Waals surface area contributed by atoms with Crippen molar-refractivity contribution in [2.45, 2.75) is 32.7 Å². The lowest BCUT2D eigenvalue weighted by Crippen LogP contribution is -2.23. The van der Waals surface area contributed by atoms with Crippen molar-refractivity contribution in [2.24, 2.45) is 0 Å². The van der Waals surface area contributed by atoms with Crippen LogP contribution in [0.2, 0.25) is 0 Å². The number of aryl methyl sites for hydroxylation is 2. The number of rotatable bonds is 3. The SMILES string of the molecule is CCn1ncc2c(C)cc(-c3ccc(C4CCNC4=O)c(=O)[nH]3)cc21. The van der Waals surface area contributed by atoms with Gasteiger partial charge in [0, 0.05) is 35.3 Å². The van der Waals surface area contributed by atoms with Gasteiger partial charge in [0.25, 0.3) is 5.56 Å². The molecule has 6 nitrogen and oxygen atoms in total. The Labute approximate surface area is 144 Å². The smallest absolute Gasteiger partial charge is 0.252 e. The molecule has 25 heavy (non-hydrogen) atoms. The second-order valence-corrected chi connectivity index (χ2v) is 6.48. The molecule has 2 aromatic heterocycles. The summed E-state index contributed by atoms with van der Waals surface area (Å²) in [4.78, 5) is 27.3. The van der Waals surface area contributed by atoms with Gasteiger partial charge in [0.1, 0.15) is 0 Å². The van der Waals surface area contributed by atoms with Crippen molar-refractivity contribution in [3.63, 3.8) is 0 Å². The Kier molecular flexibility index (Phi) is 3.67. The van der Waals surface area contributed by atoms with Gasteiger partial charge in [-0.15, -0.1) is 0 Å². The topological polar surface area (TPSA) is 79.8 Å².